The van der Waals surface area contributed by atoms with Gasteiger partial charge in [-0.2, -0.15) is 0 Å². The Morgan fingerprint density at radius 2 is 1.95 bits per heavy atom. The Morgan fingerprint density at radius 1 is 1.25 bits per heavy atom. The van der Waals surface area contributed by atoms with Crippen molar-refractivity contribution in [2.24, 2.45) is 0 Å². The smallest absolute Gasteiger partial charge is 0.137 e. The zero-order valence-electron chi connectivity index (χ0n) is 11.9. The Balaban J connectivity index is 2.18. The van der Waals surface area contributed by atoms with Crippen LogP contribution in [-0.2, 0) is 6.42 Å². The van der Waals surface area contributed by atoms with E-state index < -0.39 is 0 Å². The predicted octanol–water partition coefficient (Wildman–Crippen LogP) is 3.87. The molecule has 1 heterocycles. The van der Waals surface area contributed by atoms with Crippen LogP contribution in [0.15, 0.2) is 30.6 Å². The largest absolute Gasteiger partial charge is 0.497 e. The van der Waals surface area contributed by atoms with Crippen LogP contribution in [0.5, 0.6) is 5.75 Å². The fourth-order valence-electron chi connectivity index (χ4n) is 2.01. The molecule has 0 spiro atoms. The molecular weight excluding hydrogens is 274 g/mol. The molecular formula is C15H18ClN3O. The lowest BCUT2D eigenvalue weighted by Crippen LogP contribution is -2.10. The molecule has 2 aromatic rings. The zero-order valence-corrected chi connectivity index (χ0v) is 12.6. The molecule has 0 saturated heterocycles. The Labute approximate surface area is 124 Å². The minimum absolute atomic E-state index is 0.122. The Bertz CT molecular complexity index is 572. The minimum atomic E-state index is 0.122. The normalized spacial score (nSPS) is 12.0. The second-order valence-corrected chi connectivity index (χ2v) is 4.84. The number of anilines is 1. The summed E-state index contributed by atoms with van der Waals surface area (Å²) in [7, 11) is 1.66. The molecule has 0 radical (unpaired) electrons. The first kappa shape index (κ1) is 14.6. The fraction of sp³-hybridized carbons (Fsp3) is 0.333. The topological polar surface area (TPSA) is 47.0 Å². The van der Waals surface area contributed by atoms with Gasteiger partial charge in [-0.3, -0.25) is 0 Å². The summed E-state index contributed by atoms with van der Waals surface area (Å²) in [6.07, 6.45) is 2.27. The molecule has 0 amide bonds. The molecule has 106 valence electrons. The highest BCUT2D eigenvalue weighted by molar-refractivity contribution is 6.30. The Hall–Kier alpha value is -1.81. The van der Waals surface area contributed by atoms with Gasteiger partial charge in [0.2, 0.25) is 0 Å². The van der Waals surface area contributed by atoms with Crippen molar-refractivity contribution in [2.45, 2.75) is 26.3 Å². The van der Waals surface area contributed by atoms with Gasteiger partial charge < -0.3 is 10.1 Å². The first-order valence-corrected chi connectivity index (χ1v) is 6.93. The maximum Gasteiger partial charge on any atom is 0.137 e. The molecule has 0 bridgehead atoms. The van der Waals surface area contributed by atoms with Gasteiger partial charge in [-0.15, -0.1) is 0 Å². The molecule has 0 aliphatic carbocycles. The van der Waals surface area contributed by atoms with E-state index in [2.05, 4.69) is 22.2 Å². The molecule has 0 fully saturated rings. The molecule has 1 aromatic carbocycles. The van der Waals surface area contributed by atoms with Crippen molar-refractivity contribution in [1.29, 1.82) is 0 Å². The summed E-state index contributed by atoms with van der Waals surface area (Å²) in [6, 6.07) is 8.08. The molecule has 20 heavy (non-hydrogen) atoms. The maximum absolute atomic E-state index is 6.09. The van der Waals surface area contributed by atoms with Crippen LogP contribution in [0.3, 0.4) is 0 Å². The maximum atomic E-state index is 6.09. The van der Waals surface area contributed by atoms with E-state index in [1.807, 2.05) is 31.2 Å². The number of hydrogen-bond acceptors (Lipinski definition) is 4. The number of hydrogen-bond donors (Lipinski definition) is 1. The van der Waals surface area contributed by atoms with Gasteiger partial charge in [0, 0.05) is 11.6 Å². The molecule has 1 unspecified atom stereocenters. The van der Waals surface area contributed by atoms with Crippen molar-refractivity contribution < 1.29 is 4.74 Å². The van der Waals surface area contributed by atoms with Crippen molar-refractivity contribution in [3.8, 4) is 5.75 Å². The van der Waals surface area contributed by atoms with E-state index in [9.17, 15) is 0 Å². The Kier molecular flexibility index (Phi) is 4.79. The van der Waals surface area contributed by atoms with E-state index in [-0.39, 0.29) is 6.04 Å². The average molecular weight is 292 g/mol. The van der Waals surface area contributed by atoms with Gasteiger partial charge in [-0.1, -0.05) is 30.7 Å². The van der Waals surface area contributed by atoms with Gasteiger partial charge in [0.05, 0.1) is 7.11 Å². The van der Waals surface area contributed by atoms with Crippen LogP contribution in [0.1, 0.15) is 31.0 Å². The first-order valence-electron chi connectivity index (χ1n) is 6.55. The minimum Gasteiger partial charge on any atom is -0.497 e. The second-order valence-electron chi connectivity index (χ2n) is 4.48. The predicted molar refractivity (Wildman–Crippen MR) is 81.5 cm³/mol. The van der Waals surface area contributed by atoms with Gasteiger partial charge in [-0.25, -0.2) is 9.97 Å². The first-order chi connectivity index (χ1) is 9.65. The van der Waals surface area contributed by atoms with E-state index in [1.54, 1.807) is 7.11 Å². The van der Waals surface area contributed by atoms with Crippen molar-refractivity contribution >= 4 is 17.4 Å². The lowest BCUT2D eigenvalue weighted by Gasteiger charge is -2.17. The number of aromatic nitrogens is 2. The number of benzene rings is 1. The number of nitrogens with zero attached hydrogens (tertiary/aromatic N) is 2. The molecule has 5 heteroatoms. The summed E-state index contributed by atoms with van der Waals surface area (Å²) in [6.45, 7) is 4.12. The molecule has 4 nitrogen and oxygen atoms in total. The van der Waals surface area contributed by atoms with Gasteiger partial charge in [-0.05, 0) is 31.0 Å². The van der Waals surface area contributed by atoms with Gasteiger partial charge in [0.1, 0.15) is 23.0 Å². The van der Waals surface area contributed by atoms with E-state index in [0.717, 1.165) is 29.1 Å². The molecule has 1 atom stereocenters. The van der Waals surface area contributed by atoms with Crippen molar-refractivity contribution in [3.63, 3.8) is 0 Å². The summed E-state index contributed by atoms with van der Waals surface area (Å²) in [4.78, 5) is 8.29. The number of methoxy groups -OCH3 is 1. The summed E-state index contributed by atoms with van der Waals surface area (Å²) in [5, 5.41) is 3.89. The number of nitrogens with one attached hydrogen (secondary N) is 1. The van der Waals surface area contributed by atoms with Crippen LogP contribution in [-0.4, -0.2) is 17.1 Å². The highest BCUT2D eigenvalue weighted by Crippen LogP contribution is 2.25. The quantitative estimate of drug-likeness (QED) is 0.850. The number of rotatable bonds is 5. The van der Waals surface area contributed by atoms with Gasteiger partial charge in [0.25, 0.3) is 0 Å². The molecule has 0 aliphatic rings. The summed E-state index contributed by atoms with van der Waals surface area (Å²) in [5.41, 5.74) is 2.09. The van der Waals surface area contributed by atoms with Crippen LogP contribution in [0.2, 0.25) is 5.15 Å². The van der Waals surface area contributed by atoms with Crippen molar-refractivity contribution in [2.75, 3.05) is 12.4 Å². The monoisotopic (exact) mass is 291 g/mol. The van der Waals surface area contributed by atoms with Crippen LogP contribution in [0.4, 0.5) is 5.82 Å². The van der Waals surface area contributed by atoms with Crippen LogP contribution >= 0.6 is 11.6 Å². The zero-order chi connectivity index (χ0) is 14.5. The molecule has 0 aliphatic heterocycles. The second kappa shape index (κ2) is 6.57. The SMILES string of the molecule is CCc1c(Cl)ncnc1NC(C)c1ccc(OC)cc1. The molecule has 1 N–H and O–H groups in total. The van der Waals surface area contributed by atoms with E-state index in [0.29, 0.717) is 5.15 Å². The number of halogens is 1. The van der Waals surface area contributed by atoms with E-state index in [1.165, 1.54) is 6.33 Å². The van der Waals surface area contributed by atoms with Crippen LogP contribution in [0, 0.1) is 0 Å². The summed E-state index contributed by atoms with van der Waals surface area (Å²) >= 11 is 6.09. The lowest BCUT2D eigenvalue weighted by molar-refractivity contribution is 0.414. The molecule has 0 saturated carbocycles. The third kappa shape index (κ3) is 3.20. The van der Waals surface area contributed by atoms with Gasteiger partial charge in [0.15, 0.2) is 0 Å². The highest BCUT2D eigenvalue weighted by atomic mass is 35.5. The van der Waals surface area contributed by atoms with Gasteiger partial charge >= 0.3 is 0 Å². The number of ether oxygens (including phenoxy) is 1. The lowest BCUT2D eigenvalue weighted by atomic mass is 10.1. The summed E-state index contributed by atoms with van der Waals surface area (Å²) in [5.74, 6) is 1.64. The fourth-order valence-corrected chi connectivity index (χ4v) is 2.28. The summed E-state index contributed by atoms with van der Waals surface area (Å²) < 4.78 is 5.16. The highest BCUT2D eigenvalue weighted by Gasteiger charge is 2.12. The van der Waals surface area contributed by atoms with Crippen LogP contribution < -0.4 is 10.1 Å². The Morgan fingerprint density at radius 3 is 2.55 bits per heavy atom. The van der Waals surface area contributed by atoms with E-state index in [4.69, 9.17) is 16.3 Å². The molecule has 1 aromatic heterocycles. The van der Waals surface area contributed by atoms with E-state index >= 15 is 0 Å². The van der Waals surface area contributed by atoms with Crippen LogP contribution in [0.25, 0.3) is 0 Å². The average Bonchev–Trinajstić information content (AvgIpc) is 2.47. The van der Waals surface area contributed by atoms with Crippen molar-refractivity contribution in [1.82, 2.24) is 9.97 Å². The molecule has 2 rings (SSSR count). The third-order valence-electron chi connectivity index (χ3n) is 3.22. The standard InChI is InChI=1S/C15H18ClN3O/c1-4-13-14(16)17-9-18-15(13)19-10(2)11-5-7-12(20-3)8-6-11/h5-10H,4H2,1-3H3,(H,17,18,19). The third-order valence-corrected chi connectivity index (χ3v) is 3.54. The van der Waals surface area contributed by atoms with Crippen molar-refractivity contribution in [3.05, 3.63) is 46.9 Å².